The fraction of sp³-hybridized carbons (Fsp3) is 0.462. The van der Waals surface area contributed by atoms with Gasteiger partial charge in [0.15, 0.2) is 5.78 Å². The van der Waals surface area contributed by atoms with Gasteiger partial charge in [0.25, 0.3) is 0 Å². The average Bonchev–Trinajstić information content (AvgIpc) is 2.15. The van der Waals surface area contributed by atoms with Crippen LogP contribution in [0.15, 0.2) is 18.2 Å². The first-order valence-corrected chi connectivity index (χ1v) is 5.60. The standard InChI is InChI=1S/C13H17ClO/c1-9-5-6-10(13(2,3)4)7-11(9)12(15)8-14/h5-7H,8H2,1-4H3. The lowest BCUT2D eigenvalue weighted by molar-refractivity contribution is 0.102. The van der Waals surface area contributed by atoms with Crippen molar-refractivity contribution in [1.29, 1.82) is 0 Å². The summed E-state index contributed by atoms with van der Waals surface area (Å²) in [5, 5.41) is 0. The first-order valence-electron chi connectivity index (χ1n) is 5.06. The molecule has 0 atom stereocenters. The van der Waals surface area contributed by atoms with Gasteiger partial charge in [-0.25, -0.2) is 0 Å². The van der Waals surface area contributed by atoms with Gasteiger partial charge in [-0.2, -0.15) is 0 Å². The molecule has 0 heterocycles. The third kappa shape index (κ3) is 2.82. The number of alkyl halides is 1. The van der Waals surface area contributed by atoms with E-state index >= 15 is 0 Å². The molecule has 1 aromatic rings. The van der Waals surface area contributed by atoms with E-state index in [1.165, 1.54) is 5.56 Å². The van der Waals surface area contributed by atoms with Crippen LogP contribution in [0.2, 0.25) is 0 Å². The SMILES string of the molecule is Cc1ccc(C(C)(C)C)cc1C(=O)CCl. The Morgan fingerprint density at radius 1 is 1.33 bits per heavy atom. The molecule has 1 rings (SSSR count). The summed E-state index contributed by atoms with van der Waals surface area (Å²) in [5.41, 5.74) is 2.97. The monoisotopic (exact) mass is 224 g/mol. The van der Waals surface area contributed by atoms with E-state index < -0.39 is 0 Å². The van der Waals surface area contributed by atoms with Crippen LogP contribution in [-0.4, -0.2) is 11.7 Å². The van der Waals surface area contributed by atoms with E-state index in [1.807, 2.05) is 19.1 Å². The number of hydrogen-bond donors (Lipinski definition) is 0. The third-order valence-corrected chi connectivity index (χ3v) is 2.77. The van der Waals surface area contributed by atoms with Crippen molar-refractivity contribution in [3.63, 3.8) is 0 Å². The fourth-order valence-corrected chi connectivity index (χ4v) is 1.60. The van der Waals surface area contributed by atoms with Gasteiger partial charge in [-0.05, 0) is 29.5 Å². The second kappa shape index (κ2) is 4.36. The lowest BCUT2D eigenvalue weighted by atomic mass is 9.85. The Balaban J connectivity index is 3.23. The molecule has 0 fully saturated rings. The highest BCUT2D eigenvalue weighted by Crippen LogP contribution is 2.24. The molecule has 82 valence electrons. The minimum absolute atomic E-state index is 0.000247. The second-order valence-electron chi connectivity index (χ2n) is 4.84. The maximum Gasteiger partial charge on any atom is 0.177 e. The van der Waals surface area contributed by atoms with E-state index in [2.05, 4.69) is 26.8 Å². The van der Waals surface area contributed by atoms with Crippen LogP contribution in [-0.2, 0) is 5.41 Å². The Bertz CT molecular complexity index is 375. The fourth-order valence-electron chi connectivity index (χ4n) is 1.46. The highest BCUT2D eigenvalue weighted by atomic mass is 35.5. The number of ketones is 1. The van der Waals surface area contributed by atoms with Crippen molar-refractivity contribution < 1.29 is 4.79 Å². The molecule has 2 heteroatoms. The minimum Gasteiger partial charge on any atom is -0.293 e. The van der Waals surface area contributed by atoms with Gasteiger partial charge in [0.2, 0.25) is 0 Å². The summed E-state index contributed by atoms with van der Waals surface area (Å²) >= 11 is 5.58. The van der Waals surface area contributed by atoms with Gasteiger partial charge in [0, 0.05) is 5.56 Å². The Labute approximate surface area is 96.5 Å². The van der Waals surface area contributed by atoms with Crippen molar-refractivity contribution in [3.05, 3.63) is 34.9 Å². The van der Waals surface area contributed by atoms with Crippen LogP contribution in [0.25, 0.3) is 0 Å². The van der Waals surface area contributed by atoms with E-state index in [-0.39, 0.29) is 17.1 Å². The average molecular weight is 225 g/mol. The summed E-state index contributed by atoms with van der Waals surface area (Å²) < 4.78 is 0. The number of halogens is 1. The summed E-state index contributed by atoms with van der Waals surface area (Å²) in [6.45, 7) is 8.33. The molecule has 0 aliphatic rings. The van der Waals surface area contributed by atoms with Crippen LogP contribution in [0.5, 0.6) is 0 Å². The molecular weight excluding hydrogens is 208 g/mol. The van der Waals surface area contributed by atoms with Crippen LogP contribution >= 0.6 is 11.6 Å². The predicted molar refractivity (Wildman–Crippen MR) is 64.9 cm³/mol. The molecule has 0 saturated heterocycles. The van der Waals surface area contributed by atoms with E-state index in [0.717, 1.165) is 11.1 Å². The predicted octanol–water partition coefficient (Wildman–Crippen LogP) is 3.71. The van der Waals surface area contributed by atoms with Crippen molar-refractivity contribution in [1.82, 2.24) is 0 Å². The van der Waals surface area contributed by atoms with Crippen LogP contribution in [0.4, 0.5) is 0 Å². The Morgan fingerprint density at radius 3 is 2.40 bits per heavy atom. The number of benzene rings is 1. The van der Waals surface area contributed by atoms with Gasteiger partial charge in [-0.1, -0.05) is 32.9 Å². The van der Waals surface area contributed by atoms with E-state index in [9.17, 15) is 4.79 Å². The van der Waals surface area contributed by atoms with Crippen molar-refractivity contribution in [2.75, 3.05) is 5.88 Å². The molecule has 0 aliphatic carbocycles. The van der Waals surface area contributed by atoms with Gasteiger partial charge >= 0.3 is 0 Å². The molecule has 0 N–H and O–H groups in total. The van der Waals surface area contributed by atoms with Gasteiger partial charge in [-0.15, -0.1) is 11.6 Å². The van der Waals surface area contributed by atoms with E-state index in [4.69, 9.17) is 11.6 Å². The number of rotatable bonds is 2. The lowest BCUT2D eigenvalue weighted by Gasteiger charge is -2.20. The van der Waals surface area contributed by atoms with Crippen molar-refractivity contribution >= 4 is 17.4 Å². The number of carbonyl (C=O) groups excluding carboxylic acids is 1. The zero-order valence-electron chi connectivity index (χ0n) is 9.73. The normalized spacial score (nSPS) is 11.5. The first-order chi connectivity index (χ1) is 6.86. The van der Waals surface area contributed by atoms with Crippen LogP contribution in [0.3, 0.4) is 0 Å². The molecule has 0 aliphatic heterocycles. The van der Waals surface area contributed by atoms with Crippen molar-refractivity contribution in [3.8, 4) is 0 Å². The highest BCUT2D eigenvalue weighted by Gasteiger charge is 2.16. The largest absolute Gasteiger partial charge is 0.293 e. The zero-order valence-corrected chi connectivity index (χ0v) is 10.5. The second-order valence-corrected chi connectivity index (χ2v) is 5.10. The summed E-state index contributed by atoms with van der Waals surface area (Å²) in [4.78, 5) is 11.6. The van der Waals surface area contributed by atoms with Gasteiger partial charge < -0.3 is 0 Å². The van der Waals surface area contributed by atoms with Gasteiger partial charge in [0.1, 0.15) is 0 Å². The third-order valence-electron chi connectivity index (χ3n) is 2.53. The van der Waals surface area contributed by atoms with Crippen LogP contribution in [0.1, 0.15) is 42.3 Å². The van der Waals surface area contributed by atoms with Crippen LogP contribution in [0, 0.1) is 6.92 Å². The number of hydrogen-bond acceptors (Lipinski definition) is 1. The minimum atomic E-state index is 0.000247. The molecule has 1 nitrogen and oxygen atoms in total. The Kier molecular flexibility index (Phi) is 3.56. The summed E-state index contributed by atoms with van der Waals surface area (Å²) in [6, 6.07) is 6.01. The number of aryl methyl sites for hydroxylation is 1. The lowest BCUT2D eigenvalue weighted by Crippen LogP contribution is -2.13. The van der Waals surface area contributed by atoms with Gasteiger partial charge in [-0.3, -0.25) is 4.79 Å². The molecule has 0 amide bonds. The van der Waals surface area contributed by atoms with Crippen molar-refractivity contribution in [2.24, 2.45) is 0 Å². The maximum atomic E-state index is 11.6. The summed E-state index contributed by atoms with van der Waals surface area (Å²) in [7, 11) is 0. The molecule has 0 radical (unpaired) electrons. The number of Topliss-reactive ketones (excluding diaryl/α,β-unsaturated/α-hetero) is 1. The Hall–Kier alpha value is -0.820. The Morgan fingerprint density at radius 2 is 1.93 bits per heavy atom. The molecular formula is C13H17ClO. The van der Waals surface area contributed by atoms with Gasteiger partial charge in [0.05, 0.1) is 5.88 Å². The van der Waals surface area contributed by atoms with Crippen LogP contribution < -0.4 is 0 Å². The molecule has 0 aromatic heterocycles. The molecule has 0 saturated carbocycles. The zero-order chi connectivity index (χ0) is 11.6. The smallest absolute Gasteiger partial charge is 0.177 e. The molecule has 0 bridgehead atoms. The topological polar surface area (TPSA) is 17.1 Å². The molecule has 0 unspecified atom stereocenters. The quantitative estimate of drug-likeness (QED) is 0.553. The summed E-state index contributed by atoms with van der Waals surface area (Å²) in [5.74, 6) is 0.0503. The molecule has 15 heavy (non-hydrogen) atoms. The molecule has 0 spiro atoms. The van der Waals surface area contributed by atoms with E-state index in [1.54, 1.807) is 0 Å². The number of carbonyl (C=O) groups is 1. The first kappa shape index (κ1) is 12.3. The highest BCUT2D eigenvalue weighted by molar-refractivity contribution is 6.30. The summed E-state index contributed by atoms with van der Waals surface area (Å²) in [6.07, 6.45) is 0. The maximum absolute atomic E-state index is 11.6. The van der Waals surface area contributed by atoms with E-state index in [0.29, 0.717) is 0 Å². The van der Waals surface area contributed by atoms with Crippen molar-refractivity contribution in [2.45, 2.75) is 33.1 Å². The molecule has 1 aromatic carbocycles.